The maximum absolute atomic E-state index is 12.9. The Labute approximate surface area is 143 Å². The summed E-state index contributed by atoms with van der Waals surface area (Å²) in [4.78, 5) is 12.3. The molecular weight excluding hydrogens is 325 g/mol. The highest BCUT2D eigenvalue weighted by Gasteiger charge is 2.09. The first kappa shape index (κ1) is 16.6. The van der Waals surface area contributed by atoms with Crippen molar-refractivity contribution in [3.63, 3.8) is 0 Å². The monoisotopic (exact) mass is 341 g/mol. The third-order valence-electron chi connectivity index (χ3n) is 3.47. The average molecular weight is 341 g/mol. The quantitative estimate of drug-likeness (QED) is 0.745. The van der Waals surface area contributed by atoms with Crippen LogP contribution in [-0.2, 0) is 13.2 Å². The topological polar surface area (TPSA) is 81.9 Å². The van der Waals surface area contributed by atoms with E-state index in [-0.39, 0.29) is 18.3 Å². The predicted molar refractivity (Wildman–Crippen MR) is 88.6 cm³/mol. The fourth-order valence-electron chi connectivity index (χ4n) is 2.18. The van der Waals surface area contributed by atoms with E-state index in [2.05, 4.69) is 20.8 Å². The minimum atomic E-state index is -0.359. The highest BCUT2D eigenvalue weighted by Crippen LogP contribution is 2.16. The van der Waals surface area contributed by atoms with Crippen LogP contribution < -0.4 is 10.1 Å². The molecule has 2 aromatic carbocycles. The third kappa shape index (κ3) is 4.17. The molecule has 3 aromatic rings. The van der Waals surface area contributed by atoms with Gasteiger partial charge in [0.2, 0.25) is 0 Å². The number of rotatable bonds is 6. The fraction of sp³-hybridized carbons (Fsp3) is 0.176. The van der Waals surface area contributed by atoms with Gasteiger partial charge in [-0.3, -0.25) is 4.79 Å². The average Bonchev–Trinajstić information content (AvgIpc) is 3.10. The summed E-state index contributed by atoms with van der Waals surface area (Å²) in [7, 11) is 0. The second kappa shape index (κ2) is 7.52. The fourth-order valence-corrected chi connectivity index (χ4v) is 2.18. The lowest BCUT2D eigenvalue weighted by Crippen LogP contribution is -2.12. The number of aryl methyl sites for hydroxylation is 1. The minimum Gasteiger partial charge on any atom is -0.486 e. The molecule has 8 heteroatoms. The summed E-state index contributed by atoms with van der Waals surface area (Å²) in [5.74, 6) is 0.458. The molecule has 0 bridgehead atoms. The number of hydrogen-bond donors (Lipinski definition) is 1. The van der Waals surface area contributed by atoms with E-state index >= 15 is 0 Å². The molecule has 0 radical (unpaired) electrons. The van der Waals surface area contributed by atoms with E-state index in [1.165, 1.54) is 24.3 Å². The Morgan fingerprint density at radius 2 is 2.04 bits per heavy atom. The van der Waals surface area contributed by atoms with Gasteiger partial charge >= 0.3 is 0 Å². The molecule has 1 amide bonds. The van der Waals surface area contributed by atoms with Gasteiger partial charge in [0, 0.05) is 17.8 Å². The van der Waals surface area contributed by atoms with Gasteiger partial charge in [0.15, 0.2) is 5.82 Å². The Hall–Kier alpha value is -3.29. The van der Waals surface area contributed by atoms with Gasteiger partial charge in [0.05, 0.1) is 0 Å². The molecule has 0 saturated heterocycles. The number of nitrogens with one attached hydrogen (secondary N) is 1. The van der Waals surface area contributed by atoms with Gasteiger partial charge in [0.25, 0.3) is 5.91 Å². The molecule has 3 rings (SSSR count). The molecule has 1 heterocycles. The summed E-state index contributed by atoms with van der Waals surface area (Å²) >= 11 is 0. The molecule has 0 spiro atoms. The van der Waals surface area contributed by atoms with E-state index in [1.54, 1.807) is 28.9 Å². The standard InChI is InChI=1S/C17H16FN5O2/c1-2-23-16(20-21-22-23)11-25-15-5-3-4-12(10-15)17(24)19-14-8-6-13(18)7-9-14/h3-10H,2,11H2,1H3,(H,19,24). The molecule has 1 aromatic heterocycles. The van der Waals surface area contributed by atoms with Gasteiger partial charge in [-0.1, -0.05) is 6.07 Å². The van der Waals surface area contributed by atoms with E-state index in [4.69, 9.17) is 4.74 Å². The number of halogens is 1. The summed E-state index contributed by atoms with van der Waals surface area (Å²) in [6, 6.07) is 12.3. The van der Waals surface area contributed by atoms with Crippen LogP contribution in [0.4, 0.5) is 10.1 Å². The first-order valence-corrected chi connectivity index (χ1v) is 7.70. The lowest BCUT2D eigenvalue weighted by atomic mass is 10.2. The lowest BCUT2D eigenvalue weighted by Gasteiger charge is -2.08. The number of carbonyl (C=O) groups is 1. The zero-order valence-corrected chi connectivity index (χ0v) is 13.5. The largest absolute Gasteiger partial charge is 0.486 e. The van der Waals surface area contributed by atoms with Crippen LogP contribution in [0, 0.1) is 5.82 Å². The van der Waals surface area contributed by atoms with Crippen LogP contribution in [0.1, 0.15) is 23.1 Å². The van der Waals surface area contributed by atoms with Crippen molar-refractivity contribution in [2.45, 2.75) is 20.1 Å². The van der Waals surface area contributed by atoms with Gasteiger partial charge in [-0.15, -0.1) is 5.10 Å². The number of nitrogens with zero attached hydrogens (tertiary/aromatic N) is 4. The number of carbonyl (C=O) groups excluding carboxylic acids is 1. The number of hydrogen-bond acceptors (Lipinski definition) is 5. The van der Waals surface area contributed by atoms with Crippen molar-refractivity contribution < 1.29 is 13.9 Å². The van der Waals surface area contributed by atoms with Gasteiger partial charge in [0.1, 0.15) is 18.2 Å². The molecule has 1 N–H and O–H groups in total. The number of anilines is 1. The molecular formula is C17H16FN5O2. The number of ether oxygens (including phenoxy) is 1. The van der Waals surface area contributed by atoms with Crippen LogP contribution >= 0.6 is 0 Å². The zero-order valence-electron chi connectivity index (χ0n) is 13.5. The lowest BCUT2D eigenvalue weighted by molar-refractivity contribution is 0.102. The van der Waals surface area contributed by atoms with Crippen LogP contribution in [0.15, 0.2) is 48.5 Å². The second-order valence-corrected chi connectivity index (χ2v) is 5.19. The highest BCUT2D eigenvalue weighted by molar-refractivity contribution is 6.04. The Morgan fingerprint density at radius 1 is 1.24 bits per heavy atom. The molecule has 25 heavy (non-hydrogen) atoms. The normalized spacial score (nSPS) is 10.5. The van der Waals surface area contributed by atoms with Crippen molar-refractivity contribution >= 4 is 11.6 Å². The van der Waals surface area contributed by atoms with E-state index in [0.717, 1.165) is 0 Å². The van der Waals surface area contributed by atoms with Crippen LogP contribution in [-0.4, -0.2) is 26.1 Å². The number of aromatic nitrogens is 4. The Kier molecular flexibility index (Phi) is 4.98. The Balaban J connectivity index is 1.66. The first-order chi connectivity index (χ1) is 12.2. The molecule has 0 aliphatic carbocycles. The van der Waals surface area contributed by atoms with Crippen molar-refractivity contribution in [2.75, 3.05) is 5.32 Å². The summed E-state index contributed by atoms with van der Waals surface area (Å²) in [5.41, 5.74) is 0.941. The maximum Gasteiger partial charge on any atom is 0.255 e. The van der Waals surface area contributed by atoms with Crippen LogP contribution in [0.5, 0.6) is 5.75 Å². The molecule has 0 saturated carbocycles. The van der Waals surface area contributed by atoms with E-state index in [9.17, 15) is 9.18 Å². The summed E-state index contributed by atoms with van der Waals surface area (Å²) < 4.78 is 20.2. The Bertz CT molecular complexity index is 863. The summed E-state index contributed by atoms with van der Waals surface area (Å²) in [5, 5.41) is 14.0. The van der Waals surface area contributed by atoms with E-state index in [1.807, 2.05) is 6.92 Å². The third-order valence-corrected chi connectivity index (χ3v) is 3.47. The molecule has 0 aliphatic rings. The predicted octanol–water partition coefficient (Wildman–Crippen LogP) is 2.66. The number of benzene rings is 2. The van der Waals surface area contributed by atoms with Gasteiger partial charge in [-0.05, 0) is 59.8 Å². The highest BCUT2D eigenvalue weighted by atomic mass is 19.1. The van der Waals surface area contributed by atoms with Crippen molar-refractivity contribution in [1.82, 2.24) is 20.2 Å². The number of tetrazole rings is 1. The van der Waals surface area contributed by atoms with Gasteiger partial charge in [-0.2, -0.15) is 0 Å². The summed E-state index contributed by atoms with van der Waals surface area (Å²) in [6.07, 6.45) is 0. The molecule has 0 aliphatic heterocycles. The minimum absolute atomic E-state index is 0.198. The number of amides is 1. The van der Waals surface area contributed by atoms with Crippen molar-refractivity contribution in [2.24, 2.45) is 0 Å². The van der Waals surface area contributed by atoms with E-state index in [0.29, 0.717) is 29.4 Å². The molecule has 0 atom stereocenters. The molecule has 0 fully saturated rings. The molecule has 7 nitrogen and oxygen atoms in total. The zero-order chi connectivity index (χ0) is 17.6. The SMILES string of the molecule is CCn1nnnc1COc1cccc(C(=O)Nc2ccc(F)cc2)c1. The van der Waals surface area contributed by atoms with Gasteiger partial charge in [-0.25, -0.2) is 9.07 Å². The maximum atomic E-state index is 12.9. The molecule has 0 unspecified atom stereocenters. The van der Waals surface area contributed by atoms with Crippen LogP contribution in [0.3, 0.4) is 0 Å². The van der Waals surface area contributed by atoms with Crippen molar-refractivity contribution in [3.8, 4) is 5.75 Å². The second-order valence-electron chi connectivity index (χ2n) is 5.19. The van der Waals surface area contributed by atoms with Crippen LogP contribution in [0.25, 0.3) is 0 Å². The van der Waals surface area contributed by atoms with Crippen molar-refractivity contribution in [3.05, 3.63) is 65.7 Å². The van der Waals surface area contributed by atoms with Crippen LogP contribution in [0.2, 0.25) is 0 Å². The molecule has 128 valence electrons. The smallest absolute Gasteiger partial charge is 0.255 e. The van der Waals surface area contributed by atoms with Crippen molar-refractivity contribution in [1.29, 1.82) is 0 Å². The van der Waals surface area contributed by atoms with Gasteiger partial charge < -0.3 is 10.1 Å². The first-order valence-electron chi connectivity index (χ1n) is 7.70. The summed E-state index contributed by atoms with van der Waals surface area (Å²) in [6.45, 7) is 2.77. The van der Waals surface area contributed by atoms with E-state index < -0.39 is 0 Å². The Morgan fingerprint density at radius 3 is 2.80 bits per heavy atom.